The number of rotatable bonds is 4. The highest BCUT2D eigenvalue weighted by Crippen LogP contribution is 2.42. The van der Waals surface area contributed by atoms with Gasteiger partial charge >= 0.3 is 6.18 Å². The molecule has 0 saturated carbocycles. The van der Waals surface area contributed by atoms with Gasteiger partial charge in [-0.2, -0.15) is 13.2 Å². The van der Waals surface area contributed by atoms with Crippen LogP contribution in [0.25, 0.3) is 0 Å². The predicted octanol–water partition coefficient (Wildman–Crippen LogP) is 6.52. The van der Waals surface area contributed by atoms with E-state index in [0.717, 1.165) is 48.7 Å². The zero-order chi connectivity index (χ0) is 21.5. The molecular weight excluding hydrogens is 472 g/mol. The molecule has 0 spiro atoms. The third kappa shape index (κ3) is 4.98. The number of benzene rings is 2. The van der Waals surface area contributed by atoms with Crippen LogP contribution in [-0.4, -0.2) is 23.9 Å². The summed E-state index contributed by atoms with van der Waals surface area (Å²) >= 11 is 11.9. The molecule has 1 N–H and O–H groups in total. The SMILES string of the molecule is Cl.O=C(NCc1ccccc1[C@@H]1CC2CCN1CC2)c1c(Cl)ccc(C(F)(F)F)c1Cl. The first-order valence-electron chi connectivity index (χ1n) is 9.91. The van der Waals surface area contributed by atoms with E-state index < -0.39 is 22.7 Å². The molecule has 3 nitrogen and oxygen atoms in total. The number of hydrogen-bond acceptors (Lipinski definition) is 2. The van der Waals surface area contributed by atoms with E-state index in [1.807, 2.05) is 18.2 Å². The Hall–Kier alpha value is -1.47. The minimum Gasteiger partial charge on any atom is -0.348 e. The Morgan fingerprint density at radius 1 is 1.10 bits per heavy atom. The highest BCUT2D eigenvalue weighted by Gasteiger charge is 2.36. The summed E-state index contributed by atoms with van der Waals surface area (Å²) in [5.41, 5.74) is 0.669. The van der Waals surface area contributed by atoms with Crippen molar-refractivity contribution in [3.8, 4) is 0 Å². The van der Waals surface area contributed by atoms with Gasteiger partial charge in [-0.3, -0.25) is 9.69 Å². The molecule has 1 amide bonds. The van der Waals surface area contributed by atoms with E-state index in [0.29, 0.717) is 6.04 Å². The van der Waals surface area contributed by atoms with Gasteiger partial charge in [0.05, 0.1) is 21.2 Å². The van der Waals surface area contributed by atoms with Crippen LogP contribution in [0.4, 0.5) is 13.2 Å². The van der Waals surface area contributed by atoms with E-state index in [4.69, 9.17) is 23.2 Å². The van der Waals surface area contributed by atoms with Crippen molar-refractivity contribution in [2.24, 2.45) is 5.92 Å². The van der Waals surface area contributed by atoms with Gasteiger partial charge in [0.1, 0.15) is 0 Å². The minimum atomic E-state index is -4.67. The van der Waals surface area contributed by atoms with E-state index in [1.165, 1.54) is 12.8 Å². The highest BCUT2D eigenvalue weighted by molar-refractivity contribution is 6.40. The van der Waals surface area contributed by atoms with Crippen LogP contribution in [-0.2, 0) is 12.7 Å². The van der Waals surface area contributed by atoms with Crippen LogP contribution in [0.3, 0.4) is 0 Å². The van der Waals surface area contributed by atoms with Crippen LogP contribution < -0.4 is 5.32 Å². The summed E-state index contributed by atoms with van der Waals surface area (Å²) in [4.78, 5) is 15.2. The van der Waals surface area contributed by atoms with Gasteiger partial charge in [0.2, 0.25) is 0 Å². The largest absolute Gasteiger partial charge is 0.417 e. The summed E-state index contributed by atoms with van der Waals surface area (Å²) in [6.07, 6.45) is -1.13. The molecule has 0 radical (unpaired) electrons. The molecule has 2 bridgehead atoms. The molecule has 5 rings (SSSR count). The Bertz CT molecular complexity index is 960. The Balaban J connectivity index is 0.00000272. The number of fused-ring (bicyclic) bond motifs is 3. The zero-order valence-corrected chi connectivity index (χ0v) is 18.8. The molecule has 9 heteroatoms. The fourth-order valence-corrected chi connectivity index (χ4v) is 5.20. The number of alkyl halides is 3. The molecule has 3 aliphatic heterocycles. The van der Waals surface area contributed by atoms with Crippen LogP contribution in [0.1, 0.15) is 52.4 Å². The second-order valence-corrected chi connectivity index (χ2v) is 8.68. The summed E-state index contributed by atoms with van der Waals surface area (Å²) in [5, 5.41) is 1.91. The van der Waals surface area contributed by atoms with Crippen LogP contribution >= 0.6 is 35.6 Å². The van der Waals surface area contributed by atoms with Gasteiger partial charge in [-0.15, -0.1) is 12.4 Å². The van der Waals surface area contributed by atoms with E-state index in [9.17, 15) is 18.0 Å². The monoisotopic (exact) mass is 492 g/mol. The van der Waals surface area contributed by atoms with E-state index in [2.05, 4.69) is 16.3 Å². The average molecular weight is 494 g/mol. The Morgan fingerprint density at radius 3 is 2.39 bits per heavy atom. The van der Waals surface area contributed by atoms with Crippen molar-refractivity contribution in [2.45, 2.75) is 38.0 Å². The first kappa shape index (κ1) is 24.2. The zero-order valence-electron chi connectivity index (χ0n) is 16.5. The van der Waals surface area contributed by atoms with Gasteiger partial charge in [-0.05, 0) is 61.5 Å². The van der Waals surface area contributed by atoms with Gasteiger partial charge in [0.15, 0.2) is 0 Å². The van der Waals surface area contributed by atoms with Gasteiger partial charge in [0, 0.05) is 12.6 Å². The van der Waals surface area contributed by atoms with Crippen molar-refractivity contribution in [3.63, 3.8) is 0 Å². The first-order chi connectivity index (χ1) is 14.3. The highest BCUT2D eigenvalue weighted by atomic mass is 35.5. The van der Waals surface area contributed by atoms with Crippen LogP contribution in [0.15, 0.2) is 36.4 Å². The smallest absolute Gasteiger partial charge is 0.348 e. The van der Waals surface area contributed by atoms with Crippen molar-refractivity contribution < 1.29 is 18.0 Å². The number of amides is 1. The van der Waals surface area contributed by atoms with Crippen LogP contribution in [0, 0.1) is 5.92 Å². The molecule has 0 aromatic heterocycles. The molecule has 168 valence electrons. The molecule has 2 aromatic carbocycles. The number of nitrogens with zero attached hydrogens (tertiary/aromatic N) is 1. The maximum absolute atomic E-state index is 13.1. The Morgan fingerprint density at radius 2 is 1.77 bits per heavy atom. The molecule has 0 unspecified atom stereocenters. The quantitative estimate of drug-likeness (QED) is 0.526. The maximum atomic E-state index is 13.1. The molecule has 31 heavy (non-hydrogen) atoms. The normalized spacial score (nSPS) is 22.7. The summed E-state index contributed by atoms with van der Waals surface area (Å²) in [5.74, 6) is 0.00161. The summed E-state index contributed by atoms with van der Waals surface area (Å²) in [7, 11) is 0. The predicted molar refractivity (Wildman–Crippen MR) is 118 cm³/mol. The fraction of sp³-hybridized carbons (Fsp3) is 0.409. The van der Waals surface area contributed by atoms with Crippen molar-refractivity contribution in [3.05, 3.63) is 68.7 Å². The minimum absolute atomic E-state index is 0. The lowest BCUT2D eigenvalue weighted by Crippen LogP contribution is -2.44. The van der Waals surface area contributed by atoms with Crippen LogP contribution in [0.5, 0.6) is 0 Å². The maximum Gasteiger partial charge on any atom is 0.417 e. The molecule has 1 atom stereocenters. The van der Waals surface area contributed by atoms with Crippen LogP contribution in [0.2, 0.25) is 10.0 Å². The Kier molecular flexibility index (Phi) is 7.47. The summed E-state index contributed by atoms with van der Waals surface area (Å²) in [6.45, 7) is 2.34. The van der Waals surface area contributed by atoms with Gasteiger partial charge in [0.25, 0.3) is 5.91 Å². The molecular formula is C22H22Cl3F3N2O. The van der Waals surface area contributed by atoms with Crippen molar-refractivity contribution in [1.82, 2.24) is 10.2 Å². The van der Waals surface area contributed by atoms with E-state index >= 15 is 0 Å². The van der Waals surface area contributed by atoms with E-state index in [1.54, 1.807) is 0 Å². The Labute approximate surface area is 195 Å². The van der Waals surface area contributed by atoms with Crippen molar-refractivity contribution in [2.75, 3.05) is 13.1 Å². The van der Waals surface area contributed by atoms with Crippen molar-refractivity contribution >= 4 is 41.5 Å². The van der Waals surface area contributed by atoms with Gasteiger partial charge in [-0.25, -0.2) is 0 Å². The molecule has 3 heterocycles. The number of carbonyl (C=O) groups is 1. The number of piperidine rings is 3. The molecule has 0 aliphatic carbocycles. The molecule has 3 fully saturated rings. The topological polar surface area (TPSA) is 32.3 Å². The third-order valence-corrected chi connectivity index (χ3v) is 6.83. The molecule has 3 saturated heterocycles. The van der Waals surface area contributed by atoms with Gasteiger partial charge in [-0.1, -0.05) is 47.5 Å². The lowest BCUT2D eigenvalue weighted by Gasteiger charge is -2.46. The first-order valence-corrected chi connectivity index (χ1v) is 10.7. The fourth-order valence-electron chi connectivity index (χ4n) is 4.55. The average Bonchev–Trinajstić information content (AvgIpc) is 2.72. The third-order valence-electron chi connectivity index (χ3n) is 6.12. The standard InChI is InChI=1S/C22H21Cl2F3N2O.ClH/c23-17-6-5-16(22(25,26)27)20(24)19(17)21(30)28-12-14-3-1-2-4-15(14)18-11-13-7-9-29(18)10-8-13;/h1-6,13,18H,7-12H2,(H,28,30);1H/t18-;/m0./s1. The summed E-state index contributed by atoms with van der Waals surface area (Å²) < 4.78 is 39.4. The second kappa shape index (κ2) is 9.57. The number of hydrogen-bond donors (Lipinski definition) is 1. The number of carbonyl (C=O) groups excluding carboxylic acids is 1. The lowest BCUT2D eigenvalue weighted by molar-refractivity contribution is -0.137. The molecule has 3 aliphatic rings. The summed E-state index contributed by atoms with van der Waals surface area (Å²) in [6, 6.07) is 10.0. The van der Waals surface area contributed by atoms with E-state index in [-0.39, 0.29) is 29.5 Å². The number of nitrogens with one attached hydrogen (secondary N) is 1. The molecule has 2 aromatic rings. The lowest BCUT2D eigenvalue weighted by atomic mass is 9.79. The number of halogens is 6. The second-order valence-electron chi connectivity index (χ2n) is 7.89. The van der Waals surface area contributed by atoms with Crippen molar-refractivity contribution in [1.29, 1.82) is 0 Å². The van der Waals surface area contributed by atoms with Gasteiger partial charge < -0.3 is 5.32 Å².